The van der Waals surface area contributed by atoms with E-state index in [-0.39, 0.29) is 6.42 Å². The minimum atomic E-state index is -0.844. The number of anilines is 1. The number of carbonyl (C=O) groups is 1. The number of carboxylic acids is 1. The topological polar surface area (TPSA) is 88.2 Å². The third-order valence-corrected chi connectivity index (χ3v) is 5.08. The quantitative estimate of drug-likeness (QED) is 0.572. The summed E-state index contributed by atoms with van der Waals surface area (Å²) in [6.45, 7) is 1.03. The Kier molecular flexibility index (Phi) is 5.40. The van der Waals surface area contributed by atoms with Crippen molar-refractivity contribution < 1.29 is 9.90 Å². The molecule has 29 heavy (non-hydrogen) atoms. The molecule has 5 heteroatoms. The van der Waals surface area contributed by atoms with Crippen LogP contribution in [-0.4, -0.2) is 16.1 Å². The predicted molar refractivity (Wildman–Crippen MR) is 115 cm³/mol. The van der Waals surface area contributed by atoms with E-state index in [1.54, 1.807) is 0 Å². The summed E-state index contributed by atoms with van der Waals surface area (Å²) in [4.78, 5) is 15.9. The van der Waals surface area contributed by atoms with Crippen molar-refractivity contribution in [2.75, 3.05) is 5.32 Å². The average Bonchev–Trinajstić information content (AvgIpc) is 3.21. The van der Waals surface area contributed by atoms with Crippen LogP contribution in [-0.2, 0) is 30.7 Å². The molecule has 0 radical (unpaired) electrons. The number of nitrogens with zero attached hydrogens (tertiary/aromatic N) is 1. The number of para-hydroxylation sites is 1. The molecule has 146 valence electrons. The van der Waals surface area contributed by atoms with Crippen molar-refractivity contribution in [1.29, 1.82) is 0 Å². The minimum Gasteiger partial charge on any atom is -0.481 e. The highest BCUT2D eigenvalue weighted by atomic mass is 16.4. The third kappa shape index (κ3) is 4.20. The molecule has 1 heterocycles. The molecule has 1 aromatic heterocycles. The lowest BCUT2D eigenvalue weighted by atomic mass is 9.97. The van der Waals surface area contributed by atoms with E-state index in [2.05, 4.69) is 35.7 Å². The number of aromatic nitrogens is 1. The SMILES string of the molecule is NCc1cccc(-c2cc(CNc3ccccc3CC(=O)O)nc3c2C=CC3)c1. The largest absolute Gasteiger partial charge is 0.481 e. The maximum absolute atomic E-state index is 11.1. The maximum atomic E-state index is 11.1. The monoisotopic (exact) mass is 385 g/mol. The number of allylic oxidation sites excluding steroid dienone is 1. The Hall–Kier alpha value is -3.44. The number of fused-ring (bicyclic) bond motifs is 1. The Balaban J connectivity index is 1.64. The lowest BCUT2D eigenvalue weighted by Gasteiger charge is -2.14. The first-order chi connectivity index (χ1) is 14.1. The lowest BCUT2D eigenvalue weighted by Crippen LogP contribution is -2.08. The average molecular weight is 385 g/mol. The van der Waals surface area contributed by atoms with Crippen LogP contribution in [0.15, 0.2) is 60.7 Å². The summed E-state index contributed by atoms with van der Waals surface area (Å²) in [7, 11) is 0. The molecule has 4 rings (SSSR count). The summed E-state index contributed by atoms with van der Waals surface area (Å²) in [5.74, 6) is -0.844. The summed E-state index contributed by atoms with van der Waals surface area (Å²) in [5.41, 5.74) is 13.9. The second-order valence-electron chi connectivity index (χ2n) is 7.11. The van der Waals surface area contributed by atoms with E-state index in [1.807, 2.05) is 36.4 Å². The van der Waals surface area contributed by atoms with Gasteiger partial charge in [0.2, 0.25) is 0 Å². The Morgan fingerprint density at radius 2 is 2.00 bits per heavy atom. The fourth-order valence-corrected chi connectivity index (χ4v) is 3.69. The molecule has 0 saturated carbocycles. The Bertz CT molecular complexity index is 1090. The summed E-state index contributed by atoms with van der Waals surface area (Å²) >= 11 is 0. The van der Waals surface area contributed by atoms with Gasteiger partial charge in [0.1, 0.15) is 0 Å². The van der Waals surface area contributed by atoms with Gasteiger partial charge < -0.3 is 16.2 Å². The number of nitrogens with two attached hydrogens (primary N) is 1. The molecule has 0 atom stereocenters. The van der Waals surface area contributed by atoms with Crippen molar-refractivity contribution in [3.8, 4) is 11.1 Å². The molecule has 1 aliphatic carbocycles. The second kappa shape index (κ2) is 8.29. The van der Waals surface area contributed by atoms with Gasteiger partial charge in [0, 0.05) is 24.2 Å². The number of hydrogen-bond acceptors (Lipinski definition) is 4. The number of nitrogens with one attached hydrogen (secondary N) is 1. The number of pyridine rings is 1. The number of aliphatic carboxylic acids is 1. The van der Waals surface area contributed by atoms with Gasteiger partial charge in [-0.05, 0) is 40.5 Å². The van der Waals surface area contributed by atoms with Crippen molar-refractivity contribution in [2.45, 2.75) is 25.9 Å². The standard InChI is InChI=1S/C24H23N3O2/c25-14-16-5-3-7-17(11-16)21-13-19(27-23-10-4-8-20(21)23)15-26-22-9-2-1-6-18(22)12-24(28)29/h1-9,11,13,26H,10,12,14-15,25H2,(H,28,29). The highest BCUT2D eigenvalue weighted by Gasteiger charge is 2.16. The lowest BCUT2D eigenvalue weighted by molar-refractivity contribution is -0.136. The minimum absolute atomic E-state index is 0.0121. The van der Waals surface area contributed by atoms with Crippen LogP contribution >= 0.6 is 0 Å². The van der Waals surface area contributed by atoms with Gasteiger partial charge in [-0.25, -0.2) is 0 Å². The molecule has 4 N–H and O–H groups in total. The molecule has 1 aliphatic rings. The van der Waals surface area contributed by atoms with Crippen molar-refractivity contribution in [2.24, 2.45) is 5.73 Å². The molecule has 0 bridgehead atoms. The van der Waals surface area contributed by atoms with E-state index in [9.17, 15) is 4.79 Å². The molecule has 5 nitrogen and oxygen atoms in total. The van der Waals surface area contributed by atoms with Gasteiger partial charge in [0.15, 0.2) is 0 Å². The Labute approximate surface area is 169 Å². The van der Waals surface area contributed by atoms with Gasteiger partial charge in [-0.1, -0.05) is 48.6 Å². The van der Waals surface area contributed by atoms with Gasteiger partial charge in [0.05, 0.1) is 24.4 Å². The molecule has 0 spiro atoms. The molecule has 2 aromatic carbocycles. The molecule has 3 aromatic rings. The van der Waals surface area contributed by atoms with Crippen LogP contribution < -0.4 is 11.1 Å². The van der Waals surface area contributed by atoms with Gasteiger partial charge in [-0.15, -0.1) is 0 Å². The highest BCUT2D eigenvalue weighted by Crippen LogP contribution is 2.32. The van der Waals surface area contributed by atoms with Crippen molar-refractivity contribution in [3.05, 3.63) is 88.8 Å². The molecule has 0 aliphatic heterocycles. The fourth-order valence-electron chi connectivity index (χ4n) is 3.69. The van der Waals surface area contributed by atoms with E-state index < -0.39 is 5.97 Å². The summed E-state index contributed by atoms with van der Waals surface area (Å²) in [6, 6.07) is 17.9. The molecular formula is C24H23N3O2. The summed E-state index contributed by atoms with van der Waals surface area (Å²) in [5, 5.41) is 12.5. The van der Waals surface area contributed by atoms with Crippen LogP contribution in [0.4, 0.5) is 5.69 Å². The number of benzene rings is 2. The predicted octanol–water partition coefficient (Wildman–Crippen LogP) is 4.02. The van der Waals surface area contributed by atoms with Crippen LogP contribution in [0.2, 0.25) is 0 Å². The van der Waals surface area contributed by atoms with Crippen LogP contribution in [0.3, 0.4) is 0 Å². The first kappa shape index (κ1) is 18.9. The van der Waals surface area contributed by atoms with Crippen molar-refractivity contribution in [1.82, 2.24) is 4.98 Å². The first-order valence-corrected chi connectivity index (χ1v) is 9.66. The molecule has 0 saturated heterocycles. The van der Waals surface area contributed by atoms with E-state index in [0.29, 0.717) is 13.1 Å². The zero-order valence-corrected chi connectivity index (χ0v) is 16.1. The van der Waals surface area contributed by atoms with Crippen molar-refractivity contribution >= 4 is 17.7 Å². The first-order valence-electron chi connectivity index (χ1n) is 9.66. The summed E-state index contributed by atoms with van der Waals surface area (Å²) in [6.07, 6.45) is 5.07. The highest BCUT2D eigenvalue weighted by molar-refractivity contribution is 5.79. The van der Waals surface area contributed by atoms with Crippen LogP contribution in [0, 0.1) is 0 Å². The fraction of sp³-hybridized carbons (Fsp3) is 0.167. The maximum Gasteiger partial charge on any atom is 0.307 e. The van der Waals surface area contributed by atoms with Gasteiger partial charge in [-0.2, -0.15) is 0 Å². The number of carboxylic acid groups (broad SMARTS) is 1. The molecular weight excluding hydrogens is 362 g/mol. The van der Waals surface area contributed by atoms with Gasteiger partial charge in [0.25, 0.3) is 0 Å². The second-order valence-corrected chi connectivity index (χ2v) is 7.11. The Morgan fingerprint density at radius 1 is 1.14 bits per heavy atom. The molecule has 0 unspecified atom stereocenters. The molecule has 0 fully saturated rings. The van der Waals surface area contributed by atoms with Crippen LogP contribution in [0.5, 0.6) is 0 Å². The normalized spacial score (nSPS) is 12.0. The zero-order chi connectivity index (χ0) is 20.2. The smallest absolute Gasteiger partial charge is 0.307 e. The number of hydrogen-bond donors (Lipinski definition) is 3. The molecule has 0 amide bonds. The van der Waals surface area contributed by atoms with E-state index >= 15 is 0 Å². The van der Waals surface area contributed by atoms with Crippen LogP contribution in [0.25, 0.3) is 17.2 Å². The number of rotatable bonds is 7. The zero-order valence-electron chi connectivity index (χ0n) is 16.1. The van der Waals surface area contributed by atoms with Crippen LogP contribution in [0.1, 0.15) is 28.1 Å². The Morgan fingerprint density at radius 3 is 2.83 bits per heavy atom. The van der Waals surface area contributed by atoms with E-state index in [0.717, 1.165) is 51.3 Å². The van der Waals surface area contributed by atoms with E-state index in [4.69, 9.17) is 15.8 Å². The van der Waals surface area contributed by atoms with Gasteiger partial charge >= 0.3 is 5.97 Å². The van der Waals surface area contributed by atoms with E-state index in [1.165, 1.54) is 0 Å². The third-order valence-electron chi connectivity index (χ3n) is 5.08. The van der Waals surface area contributed by atoms with Crippen molar-refractivity contribution in [3.63, 3.8) is 0 Å². The van der Waals surface area contributed by atoms with Gasteiger partial charge in [-0.3, -0.25) is 9.78 Å². The summed E-state index contributed by atoms with van der Waals surface area (Å²) < 4.78 is 0.